The molecule has 0 aliphatic rings. The number of hydrogen-bond acceptors (Lipinski definition) is 4. The number of nitrogens with one attached hydrogen (secondary N) is 1. The van der Waals surface area contributed by atoms with Gasteiger partial charge in [0.05, 0.1) is 15.7 Å². The summed E-state index contributed by atoms with van der Waals surface area (Å²) in [4.78, 5) is 4.09. The maximum absolute atomic E-state index is 8.74. The van der Waals surface area contributed by atoms with Gasteiger partial charge >= 0.3 is 0 Å². The fourth-order valence-corrected chi connectivity index (χ4v) is 2.06. The first-order valence-corrected chi connectivity index (χ1v) is 6.48. The monoisotopic (exact) mass is 310 g/mol. The summed E-state index contributed by atoms with van der Waals surface area (Å²) in [5.41, 5.74) is 7.48. The minimum Gasteiger partial charge on any atom is -0.409 e. The number of anilines is 1. The molecule has 104 valence electrons. The molecule has 2 aromatic rings. The van der Waals surface area contributed by atoms with Crippen molar-refractivity contribution in [1.29, 1.82) is 0 Å². The first-order chi connectivity index (χ1) is 9.63. The second kappa shape index (κ2) is 6.45. The molecule has 0 bridgehead atoms. The van der Waals surface area contributed by atoms with Crippen molar-refractivity contribution in [2.75, 3.05) is 5.32 Å². The highest BCUT2D eigenvalue weighted by molar-refractivity contribution is 6.43. The van der Waals surface area contributed by atoms with E-state index in [4.69, 9.17) is 34.1 Å². The van der Waals surface area contributed by atoms with Crippen molar-refractivity contribution >= 4 is 34.7 Å². The second-order valence-electron chi connectivity index (χ2n) is 3.95. The van der Waals surface area contributed by atoms with E-state index >= 15 is 0 Å². The number of aromatic nitrogens is 1. The number of hydrogen-bond donors (Lipinski definition) is 3. The third kappa shape index (κ3) is 3.12. The van der Waals surface area contributed by atoms with Crippen LogP contribution in [-0.2, 0) is 6.54 Å². The van der Waals surface area contributed by atoms with Gasteiger partial charge in [-0.2, -0.15) is 0 Å². The minimum atomic E-state index is -0.0420. The van der Waals surface area contributed by atoms with Gasteiger partial charge in [0.25, 0.3) is 0 Å². The van der Waals surface area contributed by atoms with Gasteiger partial charge in [-0.3, -0.25) is 4.98 Å². The summed E-state index contributed by atoms with van der Waals surface area (Å²) in [5, 5.41) is 15.8. The van der Waals surface area contributed by atoms with E-state index < -0.39 is 0 Å². The van der Waals surface area contributed by atoms with Crippen LogP contribution in [0.3, 0.4) is 0 Å². The standard InChI is InChI=1S/C13H12Cl2N4O/c14-9-4-1-5-10(11(9)15)18-7-8-3-2-6-17-12(8)13(16)19-20/h1-6,18,20H,7H2,(H2,16,19). The van der Waals surface area contributed by atoms with Gasteiger partial charge in [0.15, 0.2) is 5.84 Å². The first kappa shape index (κ1) is 14.4. The number of amidine groups is 1. The zero-order chi connectivity index (χ0) is 14.5. The third-order valence-corrected chi connectivity index (χ3v) is 3.48. The zero-order valence-corrected chi connectivity index (χ0v) is 11.9. The van der Waals surface area contributed by atoms with E-state index in [0.717, 1.165) is 5.56 Å². The zero-order valence-electron chi connectivity index (χ0n) is 10.3. The SMILES string of the molecule is NC(=NO)c1ncccc1CNc1cccc(Cl)c1Cl. The van der Waals surface area contributed by atoms with Gasteiger partial charge in [-0.25, -0.2) is 0 Å². The van der Waals surface area contributed by atoms with Crippen molar-refractivity contribution in [3.8, 4) is 0 Å². The molecule has 4 N–H and O–H groups in total. The summed E-state index contributed by atoms with van der Waals surface area (Å²) in [6.07, 6.45) is 1.57. The maximum atomic E-state index is 8.74. The number of oxime groups is 1. The van der Waals surface area contributed by atoms with Crippen LogP contribution in [0.4, 0.5) is 5.69 Å². The highest BCUT2D eigenvalue weighted by atomic mass is 35.5. The van der Waals surface area contributed by atoms with Crippen LogP contribution in [0.1, 0.15) is 11.3 Å². The van der Waals surface area contributed by atoms with Crippen LogP contribution in [0.5, 0.6) is 0 Å². The van der Waals surface area contributed by atoms with E-state index in [2.05, 4.69) is 15.5 Å². The number of nitrogens with zero attached hydrogens (tertiary/aromatic N) is 2. The number of nitrogens with two attached hydrogens (primary N) is 1. The fourth-order valence-electron chi connectivity index (χ4n) is 1.69. The number of pyridine rings is 1. The minimum absolute atomic E-state index is 0.0420. The Morgan fingerprint density at radius 1 is 1.30 bits per heavy atom. The molecule has 1 aromatic heterocycles. The summed E-state index contributed by atoms with van der Waals surface area (Å²) in [5.74, 6) is -0.0420. The van der Waals surface area contributed by atoms with Gasteiger partial charge < -0.3 is 16.3 Å². The van der Waals surface area contributed by atoms with Gasteiger partial charge in [0.2, 0.25) is 0 Å². The van der Waals surface area contributed by atoms with Crippen LogP contribution in [0.15, 0.2) is 41.7 Å². The molecule has 0 amide bonds. The average Bonchev–Trinajstić information content (AvgIpc) is 2.48. The lowest BCUT2D eigenvalue weighted by atomic mass is 10.1. The topological polar surface area (TPSA) is 83.5 Å². The van der Waals surface area contributed by atoms with Crippen LogP contribution in [0.2, 0.25) is 10.0 Å². The summed E-state index contributed by atoms with van der Waals surface area (Å²) in [6, 6.07) is 8.91. The normalized spacial score (nSPS) is 11.4. The Labute approximate surface area is 126 Å². The van der Waals surface area contributed by atoms with E-state index in [-0.39, 0.29) is 5.84 Å². The molecule has 0 aliphatic heterocycles. The summed E-state index contributed by atoms with van der Waals surface area (Å²) in [7, 11) is 0. The largest absolute Gasteiger partial charge is 0.409 e. The molecule has 0 unspecified atom stereocenters. The number of benzene rings is 1. The molecule has 0 spiro atoms. The van der Waals surface area contributed by atoms with Crippen molar-refractivity contribution in [3.05, 3.63) is 57.8 Å². The van der Waals surface area contributed by atoms with Crippen LogP contribution >= 0.6 is 23.2 Å². The Morgan fingerprint density at radius 2 is 2.10 bits per heavy atom. The van der Waals surface area contributed by atoms with Crippen LogP contribution < -0.4 is 11.1 Å². The van der Waals surface area contributed by atoms with Gasteiger partial charge in [-0.1, -0.05) is 40.5 Å². The smallest absolute Gasteiger partial charge is 0.189 e. The maximum Gasteiger partial charge on any atom is 0.189 e. The van der Waals surface area contributed by atoms with Crippen LogP contribution in [-0.4, -0.2) is 16.0 Å². The van der Waals surface area contributed by atoms with Crippen LogP contribution in [0.25, 0.3) is 0 Å². The molecule has 1 heterocycles. The highest BCUT2D eigenvalue weighted by Crippen LogP contribution is 2.29. The van der Waals surface area contributed by atoms with E-state index in [1.807, 2.05) is 12.1 Å². The van der Waals surface area contributed by atoms with Crippen molar-refractivity contribution < 1.29 is 5.21 Å². The van der Waals surface area contributed by atoms with Crippen molar-refractivity contribution in [2.45, 2.75) is 6.54 Å². The van der Waals surface area contributed by atoms with E-state index in [1.165, 1.54) is 0 Å². The average molecular weight is 311 g/mol. The number of halogens is 2. The van der Waals surface area contributed by atoms with Gasteiger partial charge in [0.1, 0.15) is 5.69 Å². The Morgan fingerprint density at radius 3 is 2.85 bits per heavy atom. The van der Waals surface area contributed by atoms with Gasteiger partial charge in [0, 0.05) is 18.3 Å². The second-order valence-corrected chi connectivity index (χ2v) is 4.74. The Kier molecular flexibility index (Phi) is 4.65. The molecule has 2 rings (SSSR count). The summed E-state index contributed by atoms with van der Waals surface area (Å²) in [6.45, 7) is 0.416. The quantitative estimate of drug-likeness (QED) is 0.351. The van der Waals surface area contributed by atoms with Crippen LogP contribution in [0, 0.1) is 0 Å². The fraction of sp³-hybridized carbons (Fsp3) is 0.0769. The van der Waals surface area contributed by atoms with Crippen molar-refractivity contribution in [1.82, 2.24) is 4.98 Å². The molecule has 0 saturated carbocycles. The van der Waals surface area contributed by atoms with E-state index in [9.17, 15) is 0 Å². The third-order valence-electron chi connectivity index (χ3n) is 2.66. The summed E-state index contributed by atoms with van der Waals surface area (Å²) >= 11 is 12.0. The molecular formula is C13H12Cl2N4O. The molecule has 0 radical (unpaired) electrons. The molecule has 0 saturated heterocycles. The Balaban J connectivity index is 2.21. The molecule has 0 atom stereocenters. The molecule has 20 heavy (non-hydrogen) atoms. The Bertz CT molecular complexity index is 646. The molecule has 0 fully saturated rings. The summed E-state index contributed by atoms with van der Waals surface area (Å²) < 4.78 is 0. The predicted molar refractivity (Wildman–Crippen MR) is 80.5 cm³/mol. The first-order valence-electron chi connectivity index (χ1n) is 5.73. The lowest BCUT2D eigenvalue weighted by Gasteiger charge is -2.11. The number of rotatable bonds is 4. The molecule has 7 heteroatoms. The van der Waals surface area contributed by atoms with Crippen molar-refractivity contribution in [2.24, 2.45) is 10.9 Å². The van der Waals surface area contributed by atoms with Gasteiger partial charge in [-0.15, -0.1) is 0 Å². The van der Waals surface area contributed by atoms with E-state index in [1.54, 1.807) is 24.4 Å². The van der Waals surface area contributed by atoms with Gasteiger partial charge in [-0.05, 0) is 18.2 Å². The highest BCUT2D eigenvalue weighted by Gasteiger charge is 2.09. The predicted octanol–water partition coefficient (Wildman–Crippen LogP) is 3.10. The molecule has 1 aromatic carbocycles. The lowest BCUT2D eigenvalue weighted by Crippen LogP contribution is -2.18. The van der Waals surface area contributed by atoms with Crippen molar-refractivity contribution in [3.63, 3.8) is 0 Å². The van der Waals surface area contributed by atoms with E-state index in [0.29, 0.717) is 28.0 Å². The molecular weight excluding hydrogens is 299 g/mol. The molecule has 5 nitrogen and oxygen atoms in total. The Hall–Kier alpha value is -1.98. The molecule has 0 aliphatic carbocycles. The lowest BCUT2D eigenvalue weighted by molar-refractivity contribution is 0.318.